The summed E-state index contributed by atoms with van der Waals surface area (Å²) in [4.78, 5) is 19.9. The van der Waals surface area contributed by atoms with Crippen molar-refractivity contribution in [2.24, 2.45) is 0 Å². The van der Waals surface area contributed by atoms with Gasteiger partial charge in [0.15, 0.2) is 0 Å². The van der Waals surface area contributed by atoms with Crippen LogP contribution in [0.4, 0.5) is 0 Å². The minimum atomic E-state index is -0.826. The molecule has 0 aliphatic heterocycles. The smallest absolute Gasteiger partial charge is 0.317 e. The molecule has 1 aromatic heterocycles. The first-order valence-corrected chi connectivity index (χ1v) is 7.18. The summed E-state index contributed by atoms with van der Waals surface area (Å²) in [5.74, 6) is -0.163. The Kier molecular flexibility index (Phi) is 4.74. The zero-order valence-corrected chi connectivity index (χ0v) is 12.2. The van der Waals surface area contributed by atoms with E-state index in [1.165, 1.54) is 11.8 Å². The quantitative estimate of drug-likeness (QED) is 0.677. The molecule has 5 heteroatoms. The first kappa shape index (κ1) is 14.5. The average Bonchev–Trinajstić information content (AvgIpc) is 2.38. The number of aromatic nitrogens is 2. The highest BCUT2D eigenvalue weighted by Crippen LogP contribution is 2.25. The Morgan fingerprint density at radius 2 is 1.95 bits per heavy atom. The maximum atomic E-state index is 11.4. The number of nitrogens with zero attached hydrogens (tertiary/aromatic N) is 2. The number of aliphatic carboxylic acids is 1. The van der Waals surface area contributed by atoms with Crippen LogP contribution in [0.25, 0.3) is 0 Å². The predicted molar refractivity (Wildman–Crippen MR) is 78.9 cm³/mol. The molecule has 104 valence electrons. The highest BCUT2D eigenvalue weighted by molar-refractivity contribution is 8.00. The van der Waals surface area contributed by atoms with Crippen molar-refractivity contribution in [3.63, 3.8) is 0 Å². The van der Waals surface area contributed by atoms with Gasteiger partial charge in [-0.25, -0.2) is 9.97 Å². The van der Waals surface area contributed by atoms with Gasteiger partial charge in [-0.05, 0) is 31.9 Å². The van der Waals surface area contributed by atoms with E-state index >= 15 is 0 Å². The van der Waals surface area contributed by atoms with Crippen LogP contribution in [-0.2, 0) is 11.2 Å². The Hall–Kier alpha value is -1.88. The van der Waals surface area contributed by atoms with Crippen molar-refractivity contribution < 1.29 is 9.90 Å². The topological polar surface area (TPSA) is 63.1 Å². The Balaban J connectivity index is 2.15. The van der Waals surface area contributed by atoms with Crippen LogP contribution in [-0.4, -0.2) is 26.3 Å². The summed E-state index contributed by atoms with van der Waals surface area (Å²) < 4.78 is 0. The van der Waals surface area contributed by atoms with Crippen LogP contribution in [0.1, 0.15) is 17.1 Å². The molecule has 0 saturated heterocycles. The van der Waals surface area contributed by atoms with E-state index < -0.39 is 11.2 Å². The minimum Gasteiger partial charge on any atom is -0.480 e. The summed E-state index contributed by atoms with van der Waals surface area (Å²) in [6.07, 6.45) is 0.475. The lowest BCUT2D eigenvalue weighted by molar-refractivity contribution is -0.136. The van der Waals surface area contributed by atoms with Gasteiger partial charge in [0.2, 0.25) is 0 Å². The SMILES string of the molecule is Cc1cc(SC(Cc2ccccc2)C(=O)O)nc(C)n1. The monoisotopic (exact) mass is 288 g/mol. The molecule has 0 bridgehead atoms. The molecule has 1 aromatic carbocycles. The molecule has 0 amide bonds. The number of thioether (sulfide) groups is 1. The van der Waals surface area contributed by atoms with E-state index in [9.17, 15) is 9.90 Å². The van der Waals surface area contributed by atoms with Gasteiger partial charge in [-0.3, -0.25) is 4.79 Å². The van der Waals surface area contributed by atoms with Crippen LogP contribution >= 0.6 is 11.8 Å². The van der Waals surface area contributed by atoms with Gasteiger partial charge in [-0.2, -0.15) is 0 Å². The van der Waals surface area contributed by atoms with Crippen LogP contribution in [0.5, 0.6) is 0 Å². The van der Waals surface area contributed by atoms with Gasteiger partial charge < -0.3 is 5.11 Å². The molecule has 1 heterocycles. The van der Waals surface area contributed by atoms with E-state index in [1.54, 1.807) is 0 Å². The van der Waals surface area contributed by atoms with E-state index in [0.717, 1.165) is 11.3 Å². The summed E-state index contributed by atoms with van der Waals surface area (Å²) in [5.41, 5.74) is 1.86. The molecule has 20 heavy (non-hydrogen) atoms. The van der Waals surface area contributed by atoms with E-state index in [4.69, 9.17) is 0 Å². The minimum absolute atomic E-state index is 0.475. The second-order valence-corrected chi connectivity index (χ2v) is 5.75. The van der Waals surface area contributed by atoms with Crippen LogP contribution in [0.3, 0.4) is 0 Å². The normalized spacial score (nSPS) is 12.1. The largest absolute Gasteiger partial charge is 0.480 e. The van der Waals surface area contributed by atoms with Crippen molar-refractivity contribution in [1.82, 2.24) is 9.97 Å². The molecule has 1 unspecified atom stereocenters. The highest BCUT2D eigenvalue weighted by atomic mass is 32.2. The lowest BCUT2D eigenvalue weighted by atomic mass is 10.1. The molecule has 0 saturated carbocycles. The summed E-state index contributed by atoms with van der Waals surface area (Å²) in [6.45, 7) is 3.69. The van der Waals surface area contributed by atoms with E-state index in [0.29, 0.717) is 17.3 Å². The number of hydrogen-bond acceptors (Lipinski definition) is 4. The Labute approximate surface area is 122 Å². The van der Waals surface area contributed by atoms with E-state index in [1.807, 2.05) is 50.2 Å². The average molecular weight is 288 g/mol. The third-order valence-corrected chi connectivity index (χ3v) is 3.85. The van der Waals surface area contributed by atoms with Crippen LogP contribution < -0.4 is 0 Å². The van der Waals surface area contributed by atoms with Crippen molar-refractivity contribution in [3.05, 3.63) is 53.5 Å². The highest BCUT2D eigenvalue weighted by Gasteiger charge is 2.20. The van der Waals surface area contributed by atoms with E-state index in [2.05, 4.69) is 9.97 Å². The van der Waals surface area contributed by atoms with Gasteiger partial charge in [0.25, 0.3) is 0 Å². The number of carbonyl (C=O) groups is 1. The fourth-order valence-corrected chi connectivity index (χ4v) is 2.99. The summed E-state index contributed by atoms with van der Waals surface area (Å²) >= 11 is 1.27. The predicted octanol–water partition coefficient (Wildman–Crippen LogP) is 2.88. The zero-order chi connectivity index (χ0) is 14.5. The second-order valence-electron chi connectivity index (χ2n) is 4.53. The maximum Gasteiger partial charge on any atom is 0.317 e. The zero-order valence-electron chi connectivity index (χ0n) is 11.4. The molecular weight excluding hydrogens is 272 g/mol. The molecular formula is C15H16N2O2S. The molecule has 0 aliphatic rings. The molecule has 0 aliphatic carbocycles. The summed E-state index contributed by atoms with van der Waals surface area (Å²) in [6, 6.07) is 11.4. The Morgan fingerprint density at radius 1 is 1.25 bits per heavy atom. The van der Waals surface area contributed by atoms with Crippen molar-refractivity contribution in [2.45, 2.75) is 30.5 Å². The molecule has 1 N–H and O–H groups in total. The van der Waals surface area contributed by atoms with Gasteiger partial charge in [0, 0.05) is 5.69 Å². The molecule has 0 radical (unpaired) electrons. The van der Waals surface area contributed by atoms with Gasteiger partial charge in [-0.15, -0.1) is 0 Å². The molecule has 0 fully saturated rings. The summed E-state index contributed by atoms with van der Waals surface area (Å²) in [7, 11) is 0. The Bertz CT molecular complexity index is 582. The second kappa shape index (κ2) is 6.52. The van der Waals surface area contributed by atoms with E-state index in [-0.39, 0.29) is 0 Å². The number of carboxylic acid groups (broad SMARTS) is 1. The fraction of sp³-hybridized carbons (Fsp3) is 0.267. The number of benzene rings is 1. The molecule has 0 spiro atoms. The number of rotatable bonds is 5. The van der Waals surface area contributed by atoms with Crippen molar-refractivity contribution in [2.75, 3.05) is 0 Å². The first-order valence-electron chi connectivity index (χ1n) is 6.30. The summed E-state index contributed by atoms with van der Waals surface area (Å²) in [5, 5.41) is 9.53. The maximum absolute atomic E-state index is 11.4. The Morgan fingerprint density at radius 3 is 2.55 bits per heavy atom. The van der Waals surface area contributed by atoms with Crippen molar-refractivity contribution in [1.29, 1.82) is 0 Å². The standard InChI is InChI=1S/C15H16N2O2S/c1-10-8-14(17-11(2)16-10)20-13(15(18)19)9-12-6-4-3-5-7-12/h3-8,13H,9H2,1-2H3,(H,18,19). The third-order valence-electron chi connectivity index (χ3n) is 2.74. The molecule has 2 aromatic rings. The van der Waals surface area contributed by atoms with Crippen molar-refractivity contribution >= 4 is 17.7 Å². The van der Waals surface area contributed by atoms with Crippen LogP contribution in [0.15, 0.2) is 41.4 Å². The lowest BCUT2D eigenvalue weighted by Gasteiger charge is -2.12. The first-order chi connectivity index (χ1) is 9.54. The van der Waals surface area contributed by atoms with Gasteiger partial charge in [-0.1, -0.05) is 42.1 Å². The fourth-order valence-electron chi connectivity index (χ4n) is 1.90. The van der Waals surface area contributed by atoms with Gasteiger partial charge in [0.05, 0.1) is 0 Å². The molecule has 1 atom stereocenters. The van der Waals surface area contributed by atoms with Crippen molar-refractivity contribution in [3.8, 4) is 0 Å². The number of hydrogen-bond donors (Lipinski definition) is 1. The van der Waals surface area contributed by atoms with Gasteiger partial charge >= 0.3 is 5.97 Å². The van der Waals surface area contributed by atoms with Gasteiger partial charge in [0.1, 0.15) is 16.1 Å². The third kappa shape index (κ3) is 4.06. The van der Waals surface area contributed by atoms with Crippen LogP contribution in [0.2, 0.25) is 0 Å². The lowest BCUT2D eigenvalue weighted by Crippen LogP contribution is -2.19. The molecule has 2 rings (SSSR count). The van der Waals surface area contributed by atoms with Crippen LogP contribution in [0, 0.1) is 13.8 Å². The number of carboxylic acids is 1. The number of aryl methyl sites for hydroxylation is 2. The molecule has 4 nitrogen and oxygen atoms in total.